The zero-order valence-electron chi connectivity index (χ0n) is 10.5. The molecule has 0 spiro atoms. The first kappa shape index (κ1) is 14.9. The number of rotatable bonds is 3. The SMILES string of the molecule is FC(F)(F)c1ccc(/C=C/c2ccc(CBr)cc2)cc1. The van der Waals surface area contributed by atoms with E-state index < -0.39 is 11.7 Å². The molecule has 0 aliphatic carbocycles. The molecule has 0 aliphatic rings. The molecule has 2 aromatic rings. The Morgan fingerprint density at radius 3 is 1.65 bits per heavy atom. The first-order valence-electron chi connectivity index (χ1n) is 5.99. The monoisotopic (exact) mass is 340 g/mol. The highest BCUT2D eigenvalue weighted by Gasteiger charge is 2.29. The van der Waals surface area contributed by atoms with E-state index in [2.05, 4.69) is 15.9 Å². The Morgan fingerprint density at radius 1 is 0.800 bits per heavy atom. The molecule has 0 aliphatic heterocycles. The predicted octanol–water partition coefficient (Wildman–Crippen LogP) is 5.77. The van der Waals surface area contributed by atoms with Crippen LogP contribution in [0.2, 0.25) is 0 Å². The highest BCUT2D eigenvalue weighted by atomic mass is 79.9. The van der Waals surface area contributed by atoms with E-state index in [9.17, 15) is 13.2 Å². The first-order valence-corrected chi connectivity index (χ1v) is 7.11. The van der Waals surface area contributed by atoms with Gasteiger partial charge in [-0.3, -0.25) is 0 Å². The third-order valence-corrected chi connectivity index (χ3v) is 3.49. The summed E-state index contributed by atoms with van der Waals surface area (Å²) in [5.74, 6) is 0. The molecule has 0 fully saturated rings. The van der Waals surface area contributed by atoms with Crippen molar-refractivity contribution in [2.45, 2.75) is 11.5 Å². The van der Waals surface area contributed by atoms with Gasteiger partial charge < -0.3 is 0 Å². The summed E-state index contributed by atoms with van der Waals surface area (Å²) in [5.41, 5.74) is 2.30. The summed E-state index contributed by atoms with van der Waals surface area (Å²) in [6.45, 7) is 0. The van der Waals surface area contributed by atoms with Crippen LogP contribution in [0.25, 0.3) is 12.2 Å². The van der Waals surface area contributed by atoms with Crippen molar-refractivity contribution in [3.63, 3.8) is 0 Å². The van der Waals surface area contributed by atoms with Crippen molar-refractivity contribution in [1.82, 2.24) is 0 Å². The summed E-state index contributed by atoms with van der Waals surface area (Å²) in [6, 6.07) is 13.1. The summed E-state index contributed by atoms with van der Waals surface area (Å²) < 4.78 is 37.3. The highest BCUT2D eigenvalue weighted by Crippen LogP contribution is 2.29. The molecule has 0 nitrogen and oxygen atoms in total. The van der Waals surface area contributed by atoms with Crippen LogP contribution in [0.3, 0.4) is 0 Å². The van der Waals surface area contributed by atoms with Crippen LogP contribution in [0, 0.1) is 0 Å². The Bertz CT molecular complexity index is 581. The van der Waals surface area contributed by atoms with Gasteiger partial charge in [-0.15, -0.1) is 0 Å². The minimum absolute atomic E-state index is 0.628. The minimum Gasteiger partial charge on any atom is -0.166 e. The summed E-state index contributed by atoms with van der Waals surface area (Å²) in [5, 5.41) is 0.801. The van der Waals surface area contributed by atoms with E-state index in [0.29, 0.717) is 0 Å². The predicted molar refractivity (Wildman–Crippen MR) is 79.4 cm³/mol. The molecule has 0 saturated carbocycles. The van der Waals surface area contributed by atoms with Crippen LogP contribution in [0.4, 0.5) is 13.2 Å². The zero-order chi connectivity index (χ0) is 14.6. The molecule has 104 valence electrons. The van der Waals surface area contributed by atoms with Gasteiger partial charge >= 0.3 is 6.18 Å². The van der Waals surface area contributed by atoms with E-state index in [4.69, 9.17) is 0 Å². The second kappa shape index (κ2) is 6.27. The molecular formula is C16H12BrF3. The van der Waals surface area contributed by atoms with Gasteiger partial charge in [0.25, 0.3) is 0 Å². The standard InChI is InChI=1S/C16H12BrF3/c17-11-14-5-3-12(4-6-14)1-2-13-7-9-15(10-8-13)16(18,19)20/h1-10H,11H2/b2-1+. The number of halogens is 4. The summed E-state index contributed by atoms with van der Waals surface area (Å²) >= 11 is 3.37. The molecule has 0 heterocycles. The molecular weight excluding hydrogens is 329 g/mol. The fourth-order valence-corrected chi connectivity index (χ4v) is 2.07. The van der Waals surface area contributed by atoms with Crippen molar-refractivity contribution in [3.8, 4) is 0 Å². The van der Waals surface area contributed by atoms with E-state index in [1.165, 1.54) is 17.7 Å². The molecule has 20 heavy (non-hydrogen) atoms. The van der Waals surface area contributed by atoms with Crippen molar-refractivity contribution < 1.29 is 13.2 Å². The van der Waals surface area contributed by atoms with Gasteiger partial charge in [0.15, 0.2) is 0 Å². The lowest BCUT2D eigenvalue weighted by Crippen LogP contribution is -2.03. The van der Waals surface area contributed by atoms with E-state index in [-0.39, 0.29) is 0 Å². The topological polar surface area (TPSA) is 0 Å². The van der Waals surface area contributed by atoms with Crippen LogP contribution >= 0.6 is 15.9 Å². The Balaban J connectivity index is 2.10. The average Bonchev–Trinajstić information content (AvgIpc) is 2.45. The summed E-state index contributed by atoms with van der Waals surface area (Å²) in [7, 11) is 0. The van der Waals surface area contributed by atoms with Gasteiger partial charge in [-0.1, -0.05) is 64.5 Å². The van der Waals surface area contributed by atoms with Crippen molar-refractivity contribution in [3.05, 3.63) is 70.8 Å². The molecule has 0 atom stereocenters. The maximum atomic E-state index is 12.4. The molecule has 2 rings (SSSR count). The van der Waals surface area contributed by atoms with Gasteiger partial charge in [0.2, 0.25) is 0 Å². The number of hydrogen-bond acceptors (Lipinski definition) is 0. The van der Waals surface area contributed by atoms with E-state index in [1.807, 2.05) is 30.3 Å². The average molecular weight is 341 g/mol. The van der Waals surface area contributed by atoms with E-state index >= 15 is 0 Å². The smallest absolute Gasteiger partial charge is 0.166 e. The summed E-state index contributed by atoms with van der Waals surface area (Å²) in [4.78, 5) is 0. The fourth-order valence-electron chi connectivity index (χ4n) is 1.69. The zero-order valence-corrected chi connectivity index (χ0v) is 12.1. The van der Waals surface area contributed by atoms with Gasteiger partial charge in [0.05, 0.1) is 5.56 Å². The lowest BCUT2D eigenvalue weighted by atomic mass is 10.1. The maximum absolute atomic E-state index is 12.4. The van der Waals surface area contributed by atoms with Gasteiger partial charge in [-0.05, 0) is 28.8 Å². The molecule has 0 amide bonds. The van der Waals surface area contributed by atoms with E-state index in [1.54, 1.807) is 6.08 Å². The minimum atomic E-state index is -4.28. The normalized spacial score (nSPS) is 12.0. The molecule has 2 aromatic carbocycles. The third-order valence-electron chi connectivity index (χ3n) is 2.84. The lowest BCUT2D eigenvalue weighted by molar-refractivity contribution is -0.137. The second-order valence-corrected chi connectivity index (χ2v) is 4.89. The second-order valence-electron chi connectivity index (χ2n) is 4.33. The van der Waals surface area contributed by atoms with Crippen LogP contribution in [0.1, 0.15) is 22.3 Å². The van der Waals surface area contributed by atoms with Crippen LogP contribution < -0.4 is 0 Å². The molecule has 0 N–H and O–H groups in total. The van der Waals surface area contributed by atoms with E-state index in [0.717, 1.165) is 28.6 Å². The van der Waals surface area contributed by atoms with Crippen LogP contribution in [0.15, 0.2) is 48.5 Å². The Morgan fingerprint density at radius 2 is 1.25 bits per heavy atom. The molecule has 0 radical (unpaired) electrons. The Labute approximate surface area is 124 Å². The van der Waals surface area contributed by atoms with Crippen LogP contribution in [0.5, 0.6) is 0 Å². The molecule has 0 saturated heterocycles. The van der Waals surface area contributed by atoms with Crippen LogP contribution in [-0.2, 0) is 11.5 Å². The quantitative estimate of drug-likeness (QED) is 0.491. The molecule has 0 aromatic heterocycles. The molecule has 0 bridgehead atoms. The van der Waals surface area contributed by atoms with Gasteiger partial charge in [-0.25, -0.2) is 0 Å². The van der Waals surface area contributed by atoms with Gasteiger partial charge in [-0.2, -0.15) is 13.2 Å². The van der Waals surface area contributed by atoms with Crippen molar-refractivity contribution >= 4 is 28.1 Å². The first-order chi connectivity index (χ1) is 9.49. The number of hydrogen-bond donors (Lipinski definition) is 0. The lowest BCUT2D eigenvalue weighted by Gasteiger charge is -2.05. The number of alkyl halides is 4. The van der Waals surface area contributed by atoms with Gasteiger partial charge in [0, 0.05) is 5.33 Å². The highest BCUT2D eigenvalue weighted by molar-refractivity contribution is 9.08. The Hall–Kier alpha value is -1.55. The third kappa shape index (κ3) is 3.97. The van der Waals surface area contributed by atoms with Crippen molar-refractivity contribution in [2.75, 3.05) is 0 Å². The van der Waals surface area contributed by atoms with Gasteiger partial charge in [0.1, 0.15) is 0 Å². The molecule has 4 heteroatoms. The van der Waals surface area contributed by atoms with Crippen molar-refractivity contribution in [2.24, 2.45) is 0 Å². The summed E-state index contributed by atoms with van der Waals surface area (Å²) in [6.07, 6.45) is -0.613. The van der Waals surface area contributed by atoms with Crippen LogP contribution in [-0.4, -0.2) is 0 Å². The maximum Gasteiger partial charge on any atom is 0.416 e. The largest absolute Gasteiger partial charge is 0.416 e. The van der Waals surface area contributed by atoms with Crippen molar-refractivity contribution in [1.29, 1.82) is 0 Å². The molecule has 0 unspecified atom stereocenters. The Kier molecular flexibility index (Phi) is 4.65. The number of benzene rings is 2. The fraction of sp³-hybridized carbons (Fsp3) is 0.125.